The molecule has 4 heterocycles. The van der Waals surface area contributed by atoms with Gasteiger partial charge in [0.05, 0.1) is 29.7 Å². The molecule has 1 saturated heterocycles. The number of para-hydroxylation sites is 1. The summed E-state index contributed by atoms with van der Waals surface area (Å²) in [6.07, 6.45) is 6.14. The maximum atomic E-state index is 11.9. The number of carbonyl (C=O) groups excluding carboxylic acids is 1. The molecule has 1 amide bonds. The van der Waals surface area contributed by atoms with E-state index in [0.717, 1.165) is 54.4 Å². The Morgan fingerprint density at radius 3 is 2.65 bits per heavy atom. The van der Waals surface area contributed by atoms with E-state index in [-0.39, 0.29) is 12.0 Å². The average Bonchev–Trinajstić information content (AvgIpc) is 3.29. The number of piperidine rings is 1. The number of carbonyl (C=O) groups is 1. The smallest absolute Gasteiger partial charge is 0.219 e. The summed E-state index contributed by atoms with van der Waals surface area (Å²) < 4.78 is 7.93. The van der Waals surface area contributed by atoms with Crippen molar-refractivity contribution in [3.8, 4) is 23.1 Å². The van der Waals surface area contributed by atoms with Gasteiger partial charge in [0.25, 0.3) is 0 Å². The molecular formula is C25H27N7O2. The van der Waals surface area contributed by atoms with E-state index in [4.69, 9.17) is 14.7 Å². The van der Waals surface area contributed by atoms with Crippen LogP contribution < -0.4 is 9.64 Å². The lowest BCUT2D eigenvalue weighted by Crippen LogP contribution is -2.40. The zero-order valence-corrected chi connectivity index (χ0v) is 19.4. The van der Waals surface area contributed by atoms with Gasteiger partial charge in [-0.3, -0.25) is 9.48 Å². The molecule has 0 unspecified atom stereocenters. The summed E-state index contributed by atoms with van der Waals surface area (Å²) in [6, 6.07) is 9.57. The first kappa shape index (κ1) is 21.9. The van der Waals surface area contributed by atoms with Crippen molar-refractivity contribution in [3.63, 3.8) is 0 Å². The van der Waals surface area contributed by atoms with Crippen molar-refractivity contribution in [3.05, 3.63) is 53.6 Å². The molecule has 5 rings (SSSR count). The lowest BCUT2D eigenvalue weighted by atomic mass is 10.1. The van der Waals surface area contributed by atoms with E-state index >= 15 is 0 Å². The van der Waals surface area contributed by atoms with Crippen LogP contribution in [0, 0.1) is 11.3 Å². The van der Waals surface area contributed by atoms with Gasteiger partial charge in [-0.15, -0.1) is 0 Å². The molecule has 0 aliphatic carbocycles. The zero-order chi connectivity index (χ0) is 23.7. The quantitative estimate of drug-likeness (QED) is 0.594. The highest BCUT2D eigenvalue weighted by Gasteiger charge is 2.28. The predicted molar refractivity (Wildman–Crippen MR) is 126 cm³/mol. The second-order valence-electron chi connectivity index (χ2n) is 8.79. The Labute approximate surface area is 198 Å². The average molecular weight is 458 g/mol. The van der Waals surface area contributed by atoms with Crippen molar-refractivity contribution in [2.75, 3.05) is 24.5 Å². The number of aryl methyl sites for hydroxylation is 1. The Bertz CT molecular complexity index is 1250. The lowest BCUT2D eigenvalue weighted by molar-refractivity contribution is -0.129. The molecule has 34 heavy (non-hydrogen) atoms. The fourth-order valence-electron chi connectivity index (χ4n) is 4.58. The van der Waals surface area contributed by atoms with Crippen molar-refractivity contribution in [2.24, 2.45) is 7.05 Å². The molecule has 0 atom stereocenters. The van der Waals surface area contributed by atoms with Crippen molar-refractivity contribution < 1.29 is 9.53 Å². The molecule has 0 radical (unpaired) electrons. The van der Waals surface area contributed by atoms with E-state index in [1.807, 2.05) is 36.3 Å². The minimum atomic E-state index is 0.0438. The van der Waals surface area contributed by atoms with Gasteiger partial charge < -0.3 is 14.5 Å². The highest BCUT2D eigenvalue weighted by atomic mass is 16.5. The number of nitrogens with zero attached hydrogens (tertiary/aromatic N) is 7. The topological polar surface area (TPSA) is 100 Å². The lowest BCUT2D eigenvalue weighted by Gasteiger charge is -2.35. The highest BCUT2D eigenvalue weighted by molar-refractivity contribution is 5.74. The van der Waals surface area contributed by atoms with Crippen molar-refractivity contribution in [1.29, 1.82) is 5.26 Å². The fourth-order valence-corrected chi connectivity index (χ4v) is 4.58. The Morgan fingerprint density at radius 1 is 1.15 bits per heavy atom. The van der Waals surface area contributed by atoms with Crippen molar-refractivity contribution >= 4 is 11.7 Å². The number of rotatable bonds is 4. The van der Waals surface area contributed by atoms with Gasteiger partial charge in [0.1, 0.15) is 23.6 Å². The summed E-state index contributed by atoms with van der Waals surface area (Å²) in [6.45, 7) is 4.30. The van der Waals surface area contributed by atoms with Gasteiger partial charge in [0.2, 0.25) is 5.91 Å². The molecule has 0 bridgehead atoms. The van der Waals surface area contributed by atoms with Crippen LogP contribution in [-0.2, 0) is 24.8 Å². The van der Waals surface area contributed by atoms with Gasteiger partial charge in [-0.1, -0.05) is 12.1 Å². The minimum Gasteiger partial charge on any atom is -0.489 e. The van der Waals surface area contributed by atoms with E-state index in [1.165, 1.54) is 0 Å². The van der Waals surface area contributed by atoms with Gasteiger partial charge in [0, 0.05) is 64.6 Å². The Kier molecular flexibility index (Phi) is 5.88. The zero-order valence-electron chi connectivity index (χ0n) is 19.4. The molecule has 0 saturated carbocycles. The third-order valence-corrected chi connectivity index (χ3v) is 6.46. The maximum absolute atomic E-state index is 11.9. The molecule has 1 fully saturated rings. The first-order valence-electron chi connectivity index (χ1n) is 11.6. The number of anilines is 1. The number of nitriles is 1. The van der Waals surface area contributed by atoms with Crippen LogP contribution in [0.2, 0.25) is 0 Å². The largest absolute Gasteiger partial charge is 0.489 e. The van der Waals surface area contributed by atoms with Gasteiger partial charge >= 0.3 is 0 Å². The number of hydrogen-bond acceptors (Lipinski definition) is 7. The summed E-state index contributed by atoms with van der Waals surface area (Å²) >= 11 is 0. The van der Waals surface area contributed by atoms with Crippen LogP contribution in [0.5, 0.6) is 5.75 Å². The SMILES string of the molecule is CC(=O)N1CCc2nc(N3CCC(Oc4ccccc4C#N)CC3)c(-c3cnn(C)c3)nc2C1. The number of hydrogen-bond donors (Lipinski definition) is 0. The molecule has 0 spiro atoms. The Balaban J connectivity index is 1.39. The summed E-state index contributed by atoms with van der Waals surface area (Å²) in [5, 5.41) is 13.7. The molecule has 2 aliphatic heterocycles. The van der Waals surface area contributed by atoms with Gasteiger partial charge in [-0.25, -0.2) is 9.97 Å². The van der Waals surface area contributed by atoms with Gasteiger partial charge in [-0.2, -0.15) is 10.4 Å². The summed E-state index contributed by atoms with van der Waals surface area (Å²) in [5.41, 5.74) is 4.08. The van der Waals surface area contributed by atoms with Crippen LogP contribution in [0.4, 0.5) is 5.82 Å². The number of fused-ring (bicyclic) bond motifs is 1. The van der Waals surface area contributed by atoms with Crippen LogP contribution >= 0.6 is 0 Å². The van der Waals surface area contributed by atoms with Crippen LogP contribution in [-0.4, -0.2) is 56.3 Å². The van der Waals surface area contributed by atoms with Crippen molar-refractivity contribution in [1.82, 2.24) is 24.6 Å². The summed E-state index contributed by atoms with van der Waals surface area (Å²) in [5.74, 6) is 1.56. The Morgan fingerprint density at radius 2 is 1.94 bits per heavy atom. The van der Waals surface area contributed by atoms with Crippen LogP contribution in [0.25, 0.3) is 11.3 Å². The monoisotopic (exact) mass is 457 g/mol. The fraction of sp³-hybridized carbons (Fsp3) is 0.400. The number of amides is 1. The van der Waals surface area contributed by atoms with Gasteiger partial charge in [0.15, 0.2) is 5.82 Å². The van der Waals surface area contributed by atoms with Crippen LogP contribution in [0.3, 0.4) is 0 Å². The molecule has 2 aromatic heterocycles. The minimum absolute atomic E-state index is 0.0438. The standard InChI is InChI=1S/C25H27N7O2/c1-17(33)32-12-9-21-22(16-32)28-24(19-14-27-30(2)15-19)25(29-21)31-10-7-20(8-11-31)34-23-6-4-3-5-18(23)13-26/h3-6,14-15,20H,7-12,16H2,1-2H3. The van der Waals surface area contributed by atoms with E-state index in [2.05, 4.69) is 16.1 Å². The number of benzene rings is 1. The van der Waals surface area contributed by atoms with Crippen LogP contribution in [0.15, 0.2) is 36.7 Å². The molecule has 0 N–H and O–H groups in total. The Hall–Kier alpha value is -3.93. The molecule has 1 aromatic carbocycles. The summed E-state index contributed by atoms with van der Waals surface area (Å²) in [4.78, 5) is 26.0. The third-order valence-electron chi connectivity index (χ3n) is 6.46. The molecule has 2 aliphatic rings. The second-order valence-corrected chi connectivity index (χ2v) is 8.79. The normalized spacial score (nSPS) is 16.1. The molecular weight excluding hydrogens is 430 g/mol. The molecule has 174 valence electrons. The first-order valence-corrected chi connectivity index (χ1v) is 11.6. The van der Waals surface area contributed by atoms with Gasteiger partial charge in [-0.05, 0) is 12.1 Å². The van der Waals surface area contributed by atoms with E-state index < -0.39 is 0 Å². The molecule has 9 heteroatoms. The van der Waals surface area contributed by atoms with E-state index in [0.29, 0.717) is 30.8 Å². The van der Waals surface area contributed by atoms with Crippen LogP contribution in [0.1, 0.15) is 36.7 Å². The van der Waals surface area contributed by atoms with E-state index in [1.54, 1.807) is 23.9 Å². The second kappa shape index (κ2) is 9.14. The highest BCUT2D eigenvalue weighted by Crippen LogP contribution is 2.33. The third kappa shape index (κ3) is 4.31. The van der Waals surface area contributed by atoms with Crippen molar-refractivity contribution in [2.45, 2.75) is 38.8 Å². The predicted octanol–water partition coefficient (Wildman–Crippen LogP) is 2.70. The molecule has 9 nitrogen and oxygen atoms in total. The maximum Gasteiger partial charge on any atom is 0.219 e. The van der Waals surface area contributed by atoms with E-state index in [9.17, 15) is 10.1 Å². The first-order chi connectivity index (χ1) is 16.5. The summed E-state index contributed by atoms with van der Waals surface area (Å²) in [7, 11) is 1.88. The number of aromatic nitrogens is 4. The number of ether oxygens (including phenoxy) is 1. The molecule has 3 aromatic rings.